The lowest BCUT2D eigenvalue weighted by atomic mass is 10.2. The van der Waals surface area contributed by atoms with Gasteiger partial charge in [0.15, 0.2) is 11.7 Å². The summed E-state index contributed by atoms with van der Waals surface area (Å²) in [6.07, 6.45) is -4.22. The van der Waals surface area contributed by atoms with Gasteiger partial charge in [-0.25, -0.2) is 19.1 Å². The first-order valence-electron chi connectivity index (χ1n) is 14.9. The van der Waals surface area contributed by atoms with Crippen molar-refractivity contribution in [3.8, 4) is 11.5 Å². The van der Waals surface area contributed by atoms with Crippen LogP contribution in [0.5, 0.6) is 11.5 Å². The third-order valence-corrected chi connectivity index (χ3v) is 8.61. The molecule has 15 heteroatoms. The summed E-state index contributed by atoms with van der Waals surface area (Å²) in [6.45, 7) is 4.10. The number of carboxylic acid groups (broad SMARTS) is 1. The number of carbonyl (C=O) groups is 2. The Kier molecular flexibility index (Phi) is 13.6. The molecule has 4 aromatic carbocycles. The van der Waals surface area contributed by atoms with E-state index in [1.54, 1.807) is 48.5 Å². The van der Waals surface area contributed by atoms with Crippen LogP contribution in [0.4, 0.5) is 23.7 Å². The highest BCUT2D eigenvalue weighted by Crippen LogP contribution is 2.59. The third-order valence-electron chi connectivity index (χ3n) is 6.62. The quantitative estimate of drug-likeness (QED) is 0.0658. The number of amides is 1. The molecule has 0 aliphatic heterocycles. The molecule has 4 rings (SSSR count). The van der Waals surface area contributed by atoms with Gasteiger partial charge in [0, 0.05) is 0 Å². The number of alkyl carbamates (subject to hydrolysis) is 1. The average molecular weight is 701 g/mol. The van der Waals surface area contributed by atoms with Crippen LogP contribution in [0.3, 0.4) is 0 Å². The molecule has 0 radical (unpaired) electrons. The standard InChI is InChI=1S/C32H35N4O5P.C2HF3O2/c1-3-23-10-18-28(19-11-23)40-42(38,41-29-20-12-24(4-2)13-21-29)30(26-14-16-27(17-15-26)35-31(33)34)36-32(37)39-22-25-8-6-5-7-9-25;3-2(4,5)1(6)7/h5-21,30H,3-4,22H2,1-2H3,(H,36,37)(H4,33,34,35);(H,6,7). The van der Waals surface area contributed by atoms with E-state index in [-0.39, 0.29) is 12.6 Å². The molecule has 4 aromatic rings. The van der Waals surface area contributed by atoms with E-state index in [2.05, 4.69) is 10.3 Å². The van der Waals surface area contributed by atoms with Crippen LogP contribution < -0.4 is 25.8 Å². The van der Waals surface area contributed by atoms with Crippen LogP contribution in [0, 0.1) is 0 Å². The molecule has 1 amide bonds. The van der Waals surface area contributed by atoms with Gasteiger partial charge in [-0.1, -0.05) is 80.6 Å². The Hall–Kier alpha value is -5.49. The molecule has 0 spiro atoms. The maximum Gasteiger partial charge on any atom is 0.490 e. The van der Waals surface area contributed by atoms with Crippen molar-refractivity contribution >= 4 is 31.3 Å². The van der Waals surface area contributed by atoms with Gasteiger partial charge in [0.05, 0.1) is 5.69 Å². The number of nitrogens with two attached hydrogens (primary N) is 2. The number of aryl methyl sites for hydroxylation is 2. The van der Waals surface area contributed by atoms with Crippen molar-refractivity contribution in [2.24, 2.45) is 16.5 Å². The van der Waals surface area contributed by atoms with Crippen molar-refractivity contribution in [2.75, 3.05) is 0 Å². The van der Waals surface area contributed by atoms with E-state index < -0.39 is 31.6 Å². The maximum absolute atomic E-state index is 14.9. The van der Waals surface area contributed by atoms with Crippen LogP contribution in [0.15, 0.2) is 108 Å². The zero-order valence-electron chi connectivity index (χ0n) is 26.6. The van der Waals surface area contributed by atoms with E-state index in [9.17, 15) is 22.5 Å². The van der Waals surface area contributed by atoms with Crippen molar-refractivity contribution in [1.82, 2.24) is 5.32 Å². The fraction of sp³-hybridized carbons (Fsp3) is 0.206. The lowest BCUT2D eigenvalue weighted by Crippen LogP contribution is -2.31. The second-order valence-corrected chi connectivity index (χ2v) is 12.2. The lowest BCUT2D eigenvalue weighted by Gasteiger charge is -2.28. The van der Waals surface area contributed by atoms with Crippen LogP contribution in [-0.4, -0.2) is 29.3 Å². The monoisotopic (exact) mass is 700 g/mol. The molecule has 0 aromatic heterocycles. The fourth-order valence-corrected chi connectivity index (χ4v) is 5.97. The number of hydrogen-bond donors (Lipinski definition) is 4. The number of nitrogens with zero attached hydrogens (tertiary/aromatic N) is 1. The predicted molar refractivity (Wildman–Crippen MR) is 179 cm³/mol. The first-order chi connectivity index (χ1) is 23.2. The molecule has 1 atom stereocenters. The topological polar surface area (TPSA) is 176 Å². The second kappa shape index (κ2) is 17.6. The number of aliphatic imine (C=N–C) groups is 1. The Balaban J connectivity index is 0.000000838. The number of carboxylic acids is 1. The number of carbonyl (C=O) groups excluding carboxylic acids is 1. The summed E-state index contributed by atoms with van der Waals surface area (Å²) in [5, 5.41) is 9.86. The van der Waals surface area contributed by atoms with Crippen molar-refractivity contribution in [2.45, 2.75) is 45.3 Å². The van der Waals surface area contributed by atoms with Gasteiger partial charge in [-0.05, 0) is 71.5 Å². The molecular weight excluding hydrogens is 664 g/mol. The SMILES string of the molecule is CCc1ccc(OP(=O)(Oc2ccc(CC)cc2)C(NC(=O)OCc2ccccc2)c2ccc(N=C(N)N)cc2)cc1.O=C(O)C(F)(F)F. The van der Waals surface area contributed by atoms with E-state index in [1.165, 1.54) is 0 Å². The minimum atomic E-state index is -5.08. The number of alkyl halides is 3. The summed E-state index contributed by atoms with van der Waals surface area (Å²) in [5.74, 6) is -3.48. The molecule has 0 fully saturated rings. The molecule has 1 unspecified atom stereocenters. The van der Waals surface area contributed by atoms with Crippen molar-refractivity contribution in [3.63, 3.8) is 0 Å². The fourth-order valence-electron chi connectivity index (χ4n) is 4.09. The molecule has 260 valence electrons. The van der Waals surface area contributed by atoms with Gasteiger partial charge in [0.2, 0.25) is 0 Å². The molecular formula is C34H36F3N4O7P. The Morgan fingerprint density at radius 1 is 0.796 bits per heavy atom. The van der Waals surface area contributed by atoms with E-state index in [1.807, 2.05) is 68.4 Å². The lowest BCUT2D eigenvalue weighted by molar-refractivity contribution is -0.192. The van der Waals surface area contributed by atoms with E-state index in [0.29, 0.717) is 22.7 Å². The first kappa shape index (κ1) is 38.0. The summed E-state index contributed by atoms with van der Waals surface area (Å²) in [5.41, 5.74) is 14.9. The summed E-state index contributed by atoms with van der Waals surface area (Å²) < 4.78 is 64.3. The van der Waals surface area contributed by atoms with Gasteiger partial charge >= 0.3 is 25.8 Å². The van der Waals surface area contributed by atoms with Gasteiger partial charge in [-0.2, -0.15) is 13.2 Å². The molecule has 0 saturated heterocycles. The zero-order valence-corrected chi connectivity index (χ0v) is 27.5. The van der Waals surface area contributed by atoms with Gasteiger partial charge in [0.1, 0.15) is 18.1 Å². The minimum absolute atomic E-state index is 0.0196. The number of nitrogens with one attached hydrogen (secondary N) is 1. The first-order valence-corrected chi connectivity index (χ1v) is 16.5. The number of rotatable bonds is 12. The van der Waals surface area contributed by atoms with Crippen molar-refractivity contribution in [1.29, 1.82) is 0 Å². The number of ether oxygens (including phenoxy) is 1. The van der Waals surface area contributed by atoms with Gasteiger partial charge in [0.25, 0.3) is 0 Å². The third kappa shape index (κ3) is 12.2. The molecule has 0 aliphatic rings. The van der Waals surface area contributed by atoms with Gasteiger partial charge in [-0.15, -0.1) is 0 Å². The highest BCUT2D eigenvalue weighted by atomic mass is 31.2. The van der Waals surface area contributed by atoms with Crippen molar-refractivity contribution in [3.05, 3.63) is 125 Å². The molecule has 6 N–H and O–H groups in total. The van der Waals surface area contributed by atoms with Crippen LogP contribution in [0.2, 0.25) is 0 Å². The van der Waals surface area contributed by atoms with E-state index >= 15 is 0 Å². The summed E-state index contributed by atoms with van der Waals surface area (Å²) in [6, 6.07) is 30.2. The maximum atomic E-state index is 14.9. The van der Waals surface area contributed by atoms with E-state index in [4.69, 9.17) is 35.2 Å². The Labute approximate surface area is 281 Å². The van der Waals surface area contributed by atoms with E-state index in [0.717, 1.165) is 29.5 Å². The van der Waals surface area contributed by atoms with Crippen LogP contribution in [0.25, 0.3) is 0 Å². The summed E-state index contributed by atoms with van der Waals surface area (Å²) >= 11 is 0. The molecule has 0 bridgehead atoms. The number of aliphatic carboxylic acids is 1. The van der Waals surface area contributed by atoms with Gasteiger partial charge in [-0.3, -0.25) is 0 Å². The molecule has 0 heterocycles. The van der Waals surface area contributed by atoms with Crippen LogP contribution >= 0.6 is 7.60 Å². The highest BCUT2D eigenvalue weighted by molar-refractivity contribution is 7.55. The number of hydrogen-bond acceptors (Lipinski definition) is 7. The predicted octanol–water partition coefficient (Wildman–Crippen LogP) is 7.63. The Bertz CT molecular complexity index is 1680. The smallest absolute Gasteiger partial charge is 0.475 e. The van der Waals surface area contributed by atoms with Crippen LogP contribution in [0.1, 0.15) is 41.9 Å². The molecule has 0 saturated carbocycles. The van der Waals surface area contributed by atoms with Gasteiger partial charge < -0.3 is 35.7 Å². The Morgan fingerprint density at radius 2 is 1.27 bits per heavy atom. The molecule has 49 heavy (non-hydrogen) atoms. The normalized spacial score (nSPS) is 11.6. The highest BCUT2D eigenvalue weighted by Gasteiger charge is 2.42. The number of benzene rings is 4. The molecule has 11 nitrogen and oxygen atoms in total. The summed E-state index contributed by atoms with van der Waals surface area (Å²) in [4.78, 5) is 26.0. The zero-order chi connectivity index (χ0) is 36.0. The second-order valence-electron chi connectivity index (χ2n) is 10.3. The summed E-state index contributed by atoms with van der Waals surface area (Å²) in [7, 11) is -4.23. The molecule has 0 aliphatic carbocycles. The largest absolute Gasteiger partial charge is 0.490 e. The van der Waals surface area contributed by atoms with Crippen molar-refractivity contribution < 1.29 is 46.2 Å². The minimum Gasteiger partial charge on any atom is -0.475 e. The van der Waals surface area contributed by atoms with Crippen LogP contribution in [-0.2, 0) is 33.5 Å². The Morgan fingerprint density at radius 3 is 1.67 bits per heavy atom. The number of guanidine groups is 1. The number of halogens is 3. The average Bonchev–Trinajstić information content (AvgIpc) is 3.07.